The summed E-state index contributed by atoms with van der Waals surface area (Å²) in [6.45, 7) is 7.73. The van der Waals surface area contributed by atoms with Crippen LogP contribution in [-0.4, -0.2) is 68.1 Å². The van der Waals surface area contributed by atoms with Gasteiger partial charge < -0.3 is 20.0 Å². The Morgan fingerprint density at radius 3 is 2.64 bits per heavy atom. The van der Waals surface area contributed by atoms with Crippen LogP contribution in [0.15, 0.2) is 55.1 Å². The van der Waals surface area contributed by atoms with Crippen LogP contribution in [0.25, 0.3) is 10.8 Å². The van der Waals surface area contributed by atoms with Crippen LogP contribution in [0.5, 0.6) is 0 Å². The van der Waals surface area contributed by atoms with Crippen molar-refractivity contribution in [2.45, 2.75) is 48.8 Å². The smallest absolute Gasteiger partial charge is 0.308 e. The summed E-state index contributed by atoms with van der Waals surface area (Å²) in [4.78, 5) is 44.0. The van der Waals surface area contributed by atoms with Crippen LogP contribution < -0.4 is 4.90 Å². The summed E-state index contributed by atoms with van der Waals surface area (Å²) in [7, 11) is 0. The normalized spacial score (nSPS) is 31.5. The van der Waals surface area contributed by atoms with Gasteiger partial charge in [0, 0.05) is 17.5 Å². The molecule has 36 heavy (non-hydrogen) atoms. The Morgan fingerprint density at radius 1 is 1.28 bits per heavy atom. The maximum absolute atomic E-state index is 14.6. The van der Waals surface area contributed by atoms with E-state index in [9.17, 15) is 24.6 Å². The zero-order valence-electron chi connectivity index (χ0n) is 20.5. The number of carbonyl (C=O) groups excluding carboxylic acids is 2. The van der Waals surface area contributed by atoms with E-state index in [1.54, 1.807) is 11.0 Å². The molecule has 7 nitrogen and oxygen atoms in total. The summed E-state index contributed by atoms with van der Waals surface area (Å²) in [6.07, 6.45) is 2.78. The number of aliphatic hydroxyl groups is 1. The highest BCUT2D eigenvalue weighted by Gasteiger charge is 2.76. The third-order valence-electron chi connectivity index (χ3n) is 8.40. The van der Waals surface area contributed by atoms with Gasteiger partial charge in [-0.15, -0.1) is 18.3 Å². The van der Waals surface area contributed by atoms with Crippen LogP contribution in [0.4, 0.5) is 5.69 Å². The molecule has 0 aromatic heterocycles. The van der Waals surface area contributed by atoms with Gasteiger partial charge in [0.15, 0.2) is 0 Å². The first-order valence-electron chi connectivity index (χ1n) is 12.5. The van der Waals surface area contributed by atoms with Crippen LogP contribution in [0.3, 0.4) is 0 Å². The molecule has 3 heterocycles. The lowest BCUT2D eigenvalue weighted by molar-refractivity contribution is -0.149. The molecule has 190 valence electrons. The number of hydrogen-bond acceptors (Lipinski definition) is 5. The Hall–Kier alpha value is -2.84. The highest BCUT2D eigenvalue weighted by Crippen LogP contribution is 2.69. The van der Waals surface area contributed by atoms with Crippen molar-refractivity contribution < 1.29 is 24.6 Å². The largest absolute Gasteiger partial charge is 0.481 e. The Balaban J connectivity index is 1.65. The predicted molar refractivity (Wildman–Crippen MR) is 141 cm³/mol. The number of likely N-dealkylation sites (tertiary alicyclic amines) is 1. The lowest BCUT2D eigenvalue weighted by atomic mass is 9.66. The number of nitrogens with zero attached hydrogens (tertiary/aromatic N) is 2. The standard InChI is InChI=1S/C28H32N2O5S/c1-4-12-29(20-11-10-17-8-6-7-9-18(17)14-20)26(33)24-28-16(3)13-21(36-28)22(27(34)35)23(28)25(32)30(24)19(5-2)15-31/h4,6-11,14,16,19,21-24,31H,1,5,12-13,15H2,2-3H3,(H,34,35)/t16?,19-,21+,22-,23-,24?,28?/m0/s1. The Labute approximate surface area is 215 Å². The van der Waals surface area contributed by atoms with E-state index < -0.39 is 34.6 Å². The molecule has 2 N–H and O–H groups in total. The number of amides is 2. The van der Waals surface area contributed by atoms with Crippen molar-refractivity contribution in [1.82, 2.24) is 4.90 Å². The summed E-state index contributed by atoms with van der Waals surface area (Å²) < 4.78 is -0.846. The number of rotatable bonds is 8. The molecule has 3 fully saturated rings. The van der Waals surface area contributed by atoms with Crippen LogP contribution in [0, 0.1) is 17.8 Å². The Bertz CT molecular complexity index is 1230. The van der Waals surface area contributed by atoms with Crippen molar-refractivity contribution in [1.29, 1.82) is 0 Å². The van der Waals surface area contributed by atoms with E-state index in [-0.39, 0.29) is 36.1 Å². The summed E-state index contributed by atoms with van der Waals surface area (Å²) >= 11 is 1.51. The molecule has 2 aromatic carbocycles. The van der Waals surface area contributed by atoms with Crippen molar-refractivity contribution in [2.24, 2.45) is 17.8 Å². The minimum atomic E-state index is -0.984. The van der Waals surface area contributed by atoms with E-state index in [1.165, 1.54) is 16.7 Å². The average molecular weight is 509 g/mol. The van der Waals surface area contributed by atoms with Crippen LogP contribution >= 0.6 is 11.8 Å². The zero-order valence-corrected chi connectivity index (χ0v) is 21.4. The van der Waals surface area contributed by atoms with E-state index >= 15 is 0 Å². The molecule has 2 bridgehead atoms. The molecule has 3 saturated heterocycles. The molecule has 2 amide bonds. The molecular weight excluding hydrogens is 476 g/mol. The zero-order chi connectivity index (χ0) is 25.8. The van der Waals surface area contributed by atoms with Crippen molar-refractivity contribution in [3.05, 3.63) is 55.1 Å². The van der Waals surface area contributed by atoms with Crippen molar-refractivity contribution in [3.63, 3.8) is 0 Å². The molecule has 3 aliphatic rings. The van der Waals surface area contributed by atoms with Crippen LogP contribution in [0.2, 0.25) is 0 Å². The first-order chi connectivity index (χ1) is 17.3. The first kappa shape index (κ1) is 24.8. The number of carboxylic acid groups (broad SMARTS) is 1. The minimum absolute atomic E-state index is 0.0191. The van der Waals surface area contributed by atoms with E-state index in [1.807, 2.05) is 56.3 Å². The maximum atomic E-state index is 14.6. The summed E-state index contributed by atoms with van der Waals surface area (Å²) in [5.74, 6) is -3.19. The number of carboxylic acids is 1. The minimum Gasteiger partial charge on any atom is -0.481 e. The third kappa shape index (κ3) is 3.41. The van der Waals surface area contributed by atoms with E-state index in [0.717, 1.165) is 10.8 Å². The fourth-order valence-corrected chi connectivity index (χ4v) is 9.17. The van der Waals surface area contributed by atoms with Gasteiger partial charge in [-0.3, -0.25) is 14.4 Å². The molecule has 3 aliphatic heterocycles. The second-order valence-electron chi connectivity index (χ2n) is 10.1. The van der Waals surface area contributed by atoms with Crippen molar-refractivity contribution in [3.8, 4) is 0 Å². The van der Waals surface area contributed by atoms with Gasteiger partial charge in [-0.25, -0.2) is 0 Å². The van der Waals surface area contributed by atoms with Gasteiger partial charge in [-0.05, 0) is 41.7 Å². The lowest BCUT2D eigenvalue weighted by Crippen LogP contribution is -2.59. The second-order valence-corrected chi connectivity index (χ2v) is 11.7. The highest BCUT2D eigenvalue weighted by molar-refractivity contribution is 8.02. The highest BCUT2D eigenvalue weighted by atomic mass is 32.2. The number of benzene rings is 2. The molecule has 8 heteroatoms. The molecule has 3 unspecified atom stereocenters. The van der Waals surface area contributed by atoms with Crippen molar-refractivity contribution in [2.75, 3.05) is 18.1 Å². The number of anilines is 1. The van der Waals surface area contributed by atoms with Gasteiger partial charge in [0.1, 0.15) is 6.04 Å². The summed E-state index contributed by atoms with van der Waals surface area (Å²) in [5.41, 5.74) is 0.697. The van der Waals surface area contributed by atoms with E-state index in [2.05, 4.69) is 6.58 Å². The van der Waals surface area contributed by atoms with Crippen molar-refractivity contribution >= 4 is 46.0 Å². The number of thioether (sulfide) groups is 1. The molecule has 7 atom stereocenters. The third-order valence-corrected chi connectivity index (χ3v) is 10.5. The Morgan fingerprint density at radius 2 is 2.00 bits per heavy atom. The molecule has 0 saturated carbocycles. The number of hydrogen-bond donors (Lipinski definition) is 2. The van der Waals surface area contributed by atoms with Gasteiger partial charge in [0.25, 0.3) is 5.91 Å². The molecule has 0 aliphatic carbocycles. The van der Waals surface area contributed by atoms with Crippen LogP contribution in [-0.2, 0) is 14.4 Å². The molecule has 1 spiro atoms. The molecule has 0 radical (unpaired) electrons. The summed E-state index contributed by atoms with van der Waals surface area (Å²) in [6, 6.07) is 12.3. The fourth-order valence-electron chi connectivity index (χ4n) is 6.77. The Kier molecular flexibility index (Phi) is 6.37. The SMILES string of the molecule is C=CCN(C(=O)C1N([C@@H](CC)CO)C(=O)[C@@H]2[C@@H](C(=O)O)[C@H]3CC(C)C12S3)c1ccc2ccccc2c1. The van der Waals surface area contributed by atoms with E-state index in [0.29, 0.717) is 18.5 Å². The summed E-state index contributed by atoms with van der Waals surface area (Å²) in [5, 5.41) is 22.1. The van der Waals surface area contributed by atoms with Gasteiger partial charge in [-0.1, -0.05) is 50.3 Å². The quantitative estimate of drug-likeness (QED) is 0.530. The topological polar surface area (TPSA) is 98.2 Å². The van der Waals surface area contributed by atoms with Gasteiger partial charge in [0.05, 0.1) is 29.2 Å². The number of fused-ring (bicyclic) bond motifs is 2. The van der Waals surface area contributed by atoms with Gasteiger partial charge >= 0.3 is 5.97 Å². The van der Waals surface area contributed by atoms with Gasteiger partial charge in [-0.2, -0.15) is 0 Å². The number of aliphatic hydroxyl groups excluding tert-OH is 1. The molecular formula is C28H32N2O5S. The second kappa shape index (κ2) is 9.23. The lowest BCUT2D eigenvalue weighted by Gasteiger charge is -2.41. The first-order valence-corrected chi connectivity index (χ1v) is 13.4. The molecule has 2 aromatic rings. The molecule has 5 rings (SSSR count). The predicted octanol–water partition coefficient (Wildman–Crippen LogP) is 3.55. The number of carbonyl (C=O) groups is 3. The monoisotopic (exact) mass is 508 g/mol. The number of aliphatic carboxylic acids is 1. The average Bonchev–Trinajstić information content (AvgIpc) is 3.47. The van der Waals surface area contributed by atoms with Crippen LogP contribution in [0.1, 0.15) is 26.7 Å². The van der Waals surface area contributed by atoms with Gasteiger partial charge in [0.2, 0.25) is 5.91 Å². The fraction of sp³-hybridized carbons (Fsp3) is 0.464. The van der Waals surface area contributed by atoms with E-state index in [4.69, 9.17) is 0 Å². The maximum Gasteiger partial charge on any atom is 0.308 e.